The number of halogens is 3. The second-order valence-electron chi connectivity index (χ2n) is 4.04. The molecule has 1 N–H and O–H groups in total. The average molecular weight is 272 g/mol. The minimum atomic E-state index is -4.10. The van der Waals surface area contributed by atoms with Crippen LogP contribution >= 0.6 is 0 Å². The lowest BCUT2D eigenvalue weighted by Gasteiger charge is -2.08. The normalized spacial score (nSPS) is 11.1. The predicted octanol–water partition coefficient (Wildman–Crippen LogP) is 3.00. The van der Waals surface area contributed by atoms with Crippen molar-refractivity contribution in [1.82, 2.24) is 5.32 Å². The van der Waals surface area contributed by atoms with Crippen LogP contribution in [0.15, 0.2) is 18.2 Å². The Labute approximate surface area is 110 Å². The average Bonchev–Trinajstić information content (AvgIpc) is 2.36. The number of hydrogen-bond acceptors (Lipinski definition) is 3. The van der Waals surface area contributed by atoms with Crippen molar-refractivity contribution in [2.75, 3.05) is 13.7 Å². The summed E-state index contributed by atoms with van der Waals surface area (Å²) >= 11 is 0. The highest BCUT2D eigenvalue weighted by atomic mass is 19.4. The van der Waals surface area contributed by atoms with Crippen LogP contribution in [0.3, 0.4) is 0 Å². The molecule has 19 heavy (non-hydrogen) atoms. The van der Waals surface area contributed by atoms with Crippen molar-refractivity contribution in [2.24, 2.45) is 0 Å². The predicted molar refractivity (Wildman–Crippen MR) is 64.7 cm³/mol. The molecule has 0 saturated carbocycles. The maximum Gasteiger partial charge on any atom is 0.389 e. The number of benzene rings is 1. The van der Waals surface area contributed by atoms with E-state index in [9.17, 15) is 13.2 Å². The van der Waals surface area contributed by atoms with Crippen LogP contribution in [0.5, 0.6) is 5.75 Å². The summed E-state index contributed by atoms with van der Waals surface area (Å²) < 4.78 is 40.7. The quantitative estimate of drug-likeness (QED) is 0.810. The van der Waals surface area contributed by atoms with E-state index in [0.29, 0.717) is 17.9 Å². The van der Waals surface area contributed by atoms with Gasteiger partial charge >= 0.3 is 6.18 Å². The number of ether oxygens (including phenoxy) is 1. The standard InChI is InChI=1S/C13H15F3N2O/c1-19-12-4-3-10(7-11(12)8-17)9-18-6-2-5-13(14,15)16/h3-4,7,18H,2,5-6,9H2,1H3. The van der Waals surface area contributed by atoms with Crippen LogP contribution in [0.4, 0.5) is 13.2 Å². The van der Waals surface area contributed by atoms with Crippen molar-refractivity contribution in [1.29, 1.82) is 5.26 Å². The van der Waals surface area contributed by atoms with Gasteiger partial charge in [0.1, 0.15) is 11.8 Å². The monoisotopic (exact) mass is 272 g/mol. The minimum absolute atomic E-state index is 0.0464. The van der Waals surface area contributed by atoms with Crippen molar-refractivity contribution in [2.45, 2.75) is 25.6 Å². The first-order valence-electron chi connectivity index (χ1n) is 5.81. The maximum atomic E-state index is 11.9. The number of nitrogens with zero attached hydrogens (tertiary/aromatic N) is 1. The SMILES string of the molecule is COc1ccc(CNCCCC(F)(F)F)cc1C#N. The van der Waals surface area contributed by atoms with Crippen LogP contribution < -0.4 is 10.1 Å². The van der Waals surface area contributed by atoms with Crippen LogP contribution in [-0.2, 0) is 6.54 Å². The molecule has 1 aromatic rings. The Kier molecular flexibility index (Phi) is 5.64. The van der Waals surface area contributed by atoms with Gasteiger partial charge in [-0.05, 0) is 30.7 Å². The highest BCUT2D eigenvalue weighted by Crippen LogP contribution is 2.21. The van der Waals surface area contributed by atoms with Gasteiger partial charge in [0.2, 0.25) is 0 Å². The van der Waals surface area contributed by atoms with Gasteiger partial charge < -0.3 is 10.1 Å². The largest absolute Gasteiger partial charge is 0.495 e. The molecule has 104 valence electrons. The van der Waals surface area contributed by atoms with E-state index < -0.39 is 12.6 Å². The Hall–Kier alpha value is -1.74. The highest BCUT2D eigenvalue weighted by Gasteiger charge is 2.25. The molecule has 3 nitrogen and oxygen atoms in total. The Bertz CT molecular complexity index is 452. The smallest absolute Gasteiger partial charge is 0.389 e. The van der Waals surface area contributed by atoms with E-state index in [4.69, 9.17) is 10.00 Å². The molecule has 0 aliphatic heterocycles. The third kappa shape index (κ3) is 5.62. The van der Waals surface area contributed by atoms with Gasteiger partial charge in [0.15, 0.2) is 0 Å². The van der Waals surface area contributed by atoms with E-state index in [1.54, 1.807) is 18.2 Å². The lowest BCUT2D eigenvalue weighted by atomic mass is 10.1. The summed E-state index contributed by atoms with van der Waals surface area (Å²) in [6.45, 7) is 0.712. The van der Waals surface area contributed by atoms with Crippen LogP contribution in [0, 0.1) is 11.3 Å². The molecule has 0 radical (unpaired) electrons. The molecule has 0 aromatic heterocycles. The lowest BCUT2D eigenvalue weighted by molar-refractivity contribution is -0.135. The van der Waals surface area contributed by atoms with Crippen molar-refractivity contribution >= 4 is 0 Å². The summed E-state index contributed by atoms with van der Waals surface area (Å²) in [6.07, 6.45) is -4.84. The third-order valence-electron chi connectivity index (χ3n) is 2.53. The number of nitrogens with one attached hydrogen (secondary N) is 1. The van der Waals surface area contributed by atoms with Gasteiger partial charge in [-0.3, -0.25) is 0 Å². The Balaban J connectivity index is 2.40. The van der Waals surface area contributed by atoms with E-state index in [0.717, 1.165) is 5.56 Å². The summed E-state index contributed by atoms with van der Waals surface area (Å²) in [5.41, 5.74) is 1.25. The molecule has 0 aliphatic rings. The van der Waals surface area contributed by atoms with Gasteiger partial charge in [-0.25, -0.2) is 0 Å². The lowest BCUT2D eigenvalue weighted by Crippen LogP contribution is -2.17. The van der Waals surface area contributed by atoms with Crippen molar-refractivity contribution in [3.63, 3.8) is 0 Å². The first kappa shape index (κ1) is 15.3. The molecule has 0 saturated heterocycles. The molecule has 0 fully saturated rings. The summed E-state index contributed by atoms with van der Waals surface area (Å²) in [4.78, 5) is 0. The second kappa shape index (κ2) is 7.00. The molecule has 0 atom stereocenters. The zero-order valence-corrected chi connectivity index (χ0v) is 10.5. The molecule has 0 bridgehead atoms. The van der Waals surface area contributed by atoms with Crippen LogP contribution in [-0.4, -0.2) is 19.8 Å². The van der Waals surface area contributed by atoms with E-state index >= 15 is 0 Å². The van der Waals surface area contributed by atoms with Gasteiger partial charge in [0.05, 0.1) is 12.7 Å². The fourth-order valence-corrected chi connectivity index (χ4v) is 1.60. The van der Waals surface area contributed by atoms with E-state index in [1.165, 1.54) is 7.11 Å². The molecular formula is C13H15F3N2O. The number of methoxy groups -OCH3 is 1. The molecule has 0 heterocycles. The van der Waals surface area contributed by atoms with E-state index in [-0.39, 0.29) is 13.0 Å². The van der Waals surface area contributed by atoms with Gasteiger partial charge in [0.25, 0.3) is 0 Å². The Morgan fingerprint density at radius 1 is 1.37 bits per heavy atom. The van der Waals surface area contributed by atoms with Crippen LogP contribution in [0.1, 0.15) is 24.0 Å². The maximum absolute atomic E-state index is 11.9. The summed E-state index contributed by atoms with van der Waals surface area (Å²) in [7, 11) is 1.48. The molecular weight excluding hydrogens is 257 g/mol. The Morgan fingerprint density at radius 2 is 2.11 bits per heavy atom. The number of nitriles is 1. The molecule has 0 unspecified atom stereocenters. The zero-order valence-electron chi connectivity index (χ0n) is 10.5. The third-order valence-corrected chi connectivity index (χ3v) is 2.53. The number of rotatable bonds is 6. The summed E-state index contributed by atoms with van der Waals surface area (Å²) in [5.74, 6) is 0.489. The fourth-order valence-electron chi connectivity index (χ4n) is 1.60. The van der Waals surface area contributed by atoms with Crippen LogP contribution in [0.25, 0.3) is 0 Å². The molecule has 0 aliphatic carbocycles. The summed E-state index contributed by atoms with van der Waals surface area (Å²) in [6, 6.07) is 7.12. The fraction of sp³-hybridized carbons (Fsp3) is 0.462. The van der Waals surface area contributed by atoms with Gasteiger partial charge in [0, 0.05) is 13.0 Å². The van der Waals surface area contributed by atoms with Gasteiger partial charge in [-0.2, -0.15) is 18.4 Å². The zero-order chi connectivity index (χ0) is 14.3. The first-order valence-corrected chi connectivity index (χ1v) is 5.81. The number of alkyl halides is 3. The highest BCUT2D eigenvalue weighted by molar-refractivity contribution is 5.45. The van der Waals surface area contributed by atoms with Gasteiger partial charge in [-0.1, -0.05) is 6.07 Å². The molecule has 1 aromatic carbocycles. The van der Waals surface area contributed by atoms with E-state index in [2.05, 4.69) is 5.32 Å². The molecule has 1 rings (SSSR count). The van der Waals surface area contributed by atoms with Crippen LogP contribution in [0.2, 0.25) is 0 Å². The van der Waals surface area contributed by atoms with Crippen molar-refractivity contribution in [3.8, 4) is 11.8 Å². The van der Waals surface area contributed by atoms with Gasteiger partial charge in [-0.15, -0.1) is 0 Å². The topological polar surface area (TPSA) is 45.0 Å². The molecule has 0 spiro atoms. The minimum Gasteiger partial charge on any atom is -0.495 e. The number of hydrogen-bond donors (Lipinski definition) is 1. The second-order valence-corrected chi connectivity index (χ2v) is 4.04. The Morgan fingerprint density at radius 3 is 2.68 bits per heavy atom. The van der Waals surface area contributed by atoms with Crippen molar-refractivity contribution < 1.29 is 17.9 Å². The van der Waals surface area contributed by atoms with Crippen molar-refractivity contribution in [3.05, 3.63) is 29.3 Å². The van der Waals surface area contributed by atoms with E-state index in [1.807, 2.05) is 6.07 Å². The molecule has 6 heteroatoms. The first-order chi connectivity index (χ1) is 8.96. The molecule has 0 amide bonds. The summed E-state index contributed by atoms with van der Waals surface area (Å²) in [5, 5.41) is 11.8.